The van der Waals surface area contributed by atoms with Gasteiger partial charge < -0.3 is 10.2 Å². The molecule has 1 aromatic heterocycles. The number of halogens is 1. The number of hydrogen-bond acceptors (Lipinski definition) is 3. The van der Waals surface area contributed by atoms with E-state index in [-0.39, 0.29) is 5.91 Å². The smallest absolute Gasteiger partial charge is 0.270 e. The zero-order valence-corrected chi connectivity index (χ0v) is 12.8. The van der Waals surface area contributed by atoms with Crippen LogP contribution >= 0.6 is 15.9 Å². The van der Waals surface area contributed by atoms with Crippen molar-refractivity contribution in [1.29, 1.82) is 0 Å². The highest BCUT2D eigenvalue weighted by molar-refractivity contribution is 9.10. The van der Waals surface area contributed by atoms with Crippen LogP contribution < -0.4 is 5.32 Å². The first-order valence-corrected chi connectivity index (χ1v) is 7.07. The van der Waals surface area contributed by atoms with E-state index in [1.54, 1.807) is 17.9 Å². The quantitative estimate of drug-likeness (QED) is 0.778. The number of aryl methyl sites for hydroxylation is 1. The Morgan fingerprint density at radius 3 is 2.67 bits per heavy atom. The first-order valence-electron chi connectivity index (χ1n) is 6.28. The van der Waals surface area contributed by atoms with Crippen LogP contribution in [0.2, 0.25) is 0 Å². The summed E-state index contributed by atoms with van der Waals surface area (Å²) < 4.78 is 2.30. The predicted octanol–water partition coefficient (Wildman–Crippen LogP) is 1.64. The lowest BCUT2D eigenvalue weighted by Gasteiger charge is -2.17. The lowest BCUT2D eigenvalue weighted by atomic mass is 10.3. The zero-order valence-electron chi connectivity index (χ0n) is 11.2. The zero-order chi connectivity index (χ0) is 13.5. The molecule has 1 rings (SSSR count). The maximum atomic E-state index is 11.9. The fraction of sp³-hybridized carbons (Fsp3) is 0.667. The van der Waals surface area contributed by atoms with Crippen LogP contribution in [0.25, 0.3) is 0 Å². The Bertz CT molecular complexity index is 368. The van der Waals surface area contributed by atoms with Gasteiger partial charge in [0.1, 0.15) is 5.69 Å². The van der Waals surface area contributed by atoms with Gasteiger partial charge in [-0.3, -0.25) is 9.48 Å². The molecule has 0 radical (unpaired) electrons. The third-order valence-electron chi connectivity index (χ3n) is 2.94. The Kier molecular flexibility index (Phi) is 6.35. The van der Waals surface area contributed by atoms with Crippen molar-refractivity contribution < 1.29 is 4.79 Å². The molecule has 0 saturated heterocycles. The molecule has 0 aromatic carbocycles. The van der Waals surface area contributed by atoms with Crippen LogP contribution in [-0.4, -0.2) is 46.8 Å². The number of aromatic nitrogens is 2. The molecule has 1 N–H and O–H groups in total. The standard InChI is InChI=1S/C12H21BrN4O/c1-4-17(5-2)8-6-7-14-12(18)11-10(13)9-15-16(11)3/h9H,4-8H2,1-3H3,(H,14,18). The minimum absolute atomic E-state index is 0.0820. The fourth-order valence-electron chi connectivity index (χ4n) is 1.79. The van der Waals surface area contributed by atoms with Crippen molar-refractivity contribution in [1.82, 2.24) is 20.0 Å². The average molecular weight is 317 g/mol. The largest absolute Gasteiger partial charge is 0.351 e. The van der Waals surface area contributed by atoms with E-state index in [2.05, 4.69) is 45.1 Å². The van der Waals surface area contributed by atoms with Gasteiger partial charge in [0, 0.05) is 13.6 Å². The number of hydrogen-bond donors (Lipinski definition) is 1. The summed E-state index contributed by atoms with van der Waals surface area (Å²) >= 11 is 3.32. The van der Waals surface area contributed by atoms with E-state index in [4.69, 9.17) is 0 Å². The molecule has 0 aliphatic rings. The molecule has 0 bridgehead atoms. The second-order valence-corrected chi connectivity index (χ2v) is 4.96. The van der Waals surface area contributed by atoms with Crippen molar-refractivity contribution >= 4 is 21.8 Å². The molecule has 0 aliphatic carbocycles. The van der Waals surface area contributed by atoms with Crippen LogP contribution in [0, 0.1) is 0 Å². The Hall–Kier alpha value is -0.880. The molecular formula is C12H21BrN4O. The summed E-state index contributed by atoms with van der Waals surface area (Å²) in [5.41, 5.74) is 0.567. The van der Waals surface area contributed by atoms with Crippen molar-refractivity contribution in [2.24, 2.45) is 7.05 Å². The molecule has 6 heteroatoms. The second kappa shape index (κ2) is 7.53. The molecule has 0 saturated carbocycles. The third kappa shape index (κ3) is 4.10. The van der Waals surface area contributed by atoms with Crippen LogP contribution in [0.3, 0.4) is 0 Å². The van der Waals surface area contributed by atoms with Crippen LogP contribution in [0.4, 0.5) is 0 Å². The molecule has 0 fully saturated rings. The van der Waals surface area contributed by atoms with Crippen LogP contribution in [0.1, 0.15) is 30.8 Å². The van der Waals surface area contributed by atoms with E-state index in [9.17, 15) is 4.79 Å². The number of amides is 1. The fourth-order valence-corrected chi connectivity index (χ4v) is 2.32. The topological polar surface area (TPSA) is 50.2 Å². The van der Waals surface area contributed by atoms with Crippen molar-refractivity contribution in [2.45, 2.75) is 20.3 Å². The lowest BCUT2D eigenvalue weighted by Crippen LogP contribution is -2.31. The third-order valence-corrected chi connectivity index (χ3v) is 3.52. The van der Waals surface area contributed by atoms with E-state index in [1.165, 1.54) is 0 Å². The summed E-state index contributed by atoms with van der Waals surface area (Å²) in [5, 5.41) is 6.93. The molecule has 0 unspecified atom stereocenters. The summed E-state index contributed by atoms with van der Waals surface area (Å²) in [6.45, 7) is 8.10. The highest BCUT2D eigenvalue weighted by atomic mass is 79.9. The van der Waals surface area contributed by atoms with E-state index in [1.807, 2.05) is 0 Å². The second-order valence-electron chi connectivity index (χ2n) is 4.10. The number of rotatable bonds is 7. The van der Waals surface area contributed by atoms with E-state index < -0.39 is 0 Å². The molecule has 102 valence electrons. The number of carbonyl (C=O) groups excluding carboxylic acids is 1. The minimum atomic E-state index is -0.0820. The monoisotopic (exact) mass is 316 g/mol. The van der Waals surface area contributed by atoms with Gasteiger partial charge in [0.25, 0.3) is 5.91 Å². The summed E-state index contributed by atoms with van der Waals surface area (Å²) in [6, 6.07) is 0. The summed E-state index contributed by atoms with van der Waals surface area (Å²) in [7, 11) is 1.76. The molecule has 1 amide bonds. The molecule has 5 nitrogen and oxygen atoms in total. The van der Waals surface area contributed by atoms with E-state index in [0.29, 0.717) is 12.2 Å². The first kappa shape index (κ1) is 15.2. The number of carbonyl (C=O) groups is 1. The number of nitrogens with zero attached hydrogens (tertiary/aromatic N) is 3. The highest BCUT2D eigenvalue weighted by Crippen LogP contribution is 2.14. The van der Waals surface area contributed by atoms with Crippen LogP contribution in [0.15, 0.2) is 10.7 Å². The Labute approximate surface area is 117 Å². The van der Waals surface area contributed by atoms with E-state index in [0.717, 1.165) is 30.5 Å². The van der Waals surface area contributed by atoms with Crippen molar-refractivity contribution in [3.63, 3.8) is 0 Å². The minimum Gasteiger partial charge on any atom is -0.351 e. The van der Waals surface area contributed by atoms with Gasteiger partial charge in [0.2, 0.25) is 0 Å². The summed E-state index contributed by atoms with van der Waals surface area (Å²) in [6.07, 6.45) is 2.59. The summed E-state index contributed by atoms with van der Waals surface area (Å²) in [5.74, 6) is -0.0820. The molecule has 1 heterocycles. The first-order chi connectivity index (χ1) is 8.60. The normalized spacial score (nSPS) is 10.9. The van der Waals surface area contributed by atoms with Gasteiger partial charge in [0.15, 0.2) is 0 Å². The van der Waals surface area contributed by atoms with Gasteiger partial charge in [-0.15, -0.1) is 0 Å². The molecule has 0 aliphatic heterocycles. The van der Waals surface area contributed by atoms with Gasteiger partial charge in [0.05, 0.1) is 10.7 Å². The van der Waals surface area contributed by atoms with Crippen molar-refractivity contribution in [3.8, 4) is 0 Å². The van der Waals surface area contributed by atoms with E-state index >= 15 is 0 Å². The number of nitrogens with one attached hydrogen (secondary N) is 1. The van der Waals surface area contributed by atoms with Gasteiger partial charge >= 0.3 is 0 Å². The lowest BCUT2D eigenvalue weighted by molar-refractivity contribution is 0.0941. The molecular weight excluding hydrogens is 296 g/mol. The van der Waals surface area contributed by atoms with Gasteiger partial charge in [-0.1, -0.05) is 13.8 Å². The SMILES string of the molecule is CCN(CC)CCCNC(=O)c1c(Br)cnn1C. The van der Waals surface area contributed by atoms with Crippen LogP contribution in [-0.2, 0) is 7.05 Å². The maximum absolute atomic E-state index is 11.9. The molecule has 0 spiro atoms. The van der Waals surface area contributed by atoms with Crippen LogP contribution in [0.5, 0.6) is 0 Å². The van der Waals surface area contributed by atoms with Crippen molar-refractivity contribution in [3.05, 3.63) is 16.4 Å². The Morgan fingerprint density at radius 2 is 2.17 bits per heavy atom. The Balaban J connectivity index is 2.34. The molecule has 18 heavy (non-hydrogen) atoms. The van der Waals surface area contributed by atoms with Crippen molar-refractivity contribution in [2.75, 3.05) is 26.2 Å². The highest BCUT2D eigenvalue weighted by Gasteiger charge is 2.14. The van der Waals surface area contributed by atoms with Gasteiger partial charge in [-0.05, 0) is 42.0 Å². The average Bonchev–Trinajstić information content (AvgIpc) is 2.69. The molecule has 1 aromatic rings. The van der Waals surface area contributed by atoms with Gasteiger partial charge in [-0.2, -0.15) is 5.10 Å². The maximum Gasteiger partial charge on any atom is 0.270 e. The Morgan fingerprint density at radius 1 is 1.50 bits per heavy atom. The summed E-state index contributed by atoms with van der Waals surface area (Å²) in [4.78, 5) is 14.3. The molecule has 0 atom stereocenters. The van der Waals surface area contributed by atoms with Gasteiger partial charge in [-0.25, -0.2) is 0 Å². The predicted molar refractivity (Wildman–Crippen MR) is 75.6 cm³/mol.